The van der Waals surface area contributed by atoms with Gasteiger partial charge in [0.2, 0.25) is 0 Å². The third-order valence-corrected chi connectivity index (χ3v) is 5.09. The Balaban J connectivity index is 2.52. The van der Waals surface area contributed by atoms with Crippen molar-refractivity contribution in [1.29, 1.82) is 0 Å². The number of nitro groups is 1. The van der Waals surface area contributed by atoms with Gasteiger partial charge in [0.05, 0.1) is 4.92 Å². The molecule has 1 atom stereocenters. The number of benzene rings is 1. The summed E-state index contributed by atoms with van der Waals surface area (Å²) in [6.07, 6.45) is 1.22. The van der Waals surface area contributed by atoms with Gasteiger partial charge in [-0.15, -0.1) is 0 Å². The molecule has 110 valence electrons. The molecular formula is C11H14FN3O4S. The van der Waals surface area contributed by atoms with Gasteiger partial charge in [-0.2, -0.15) is 4.31 Å². The predicted octanol–water partition coefficient (Wildman–Crippen LogP) is 0.846. The first-order valence-corrected chi connectivity index (χ1v) is 7.46. The summed E-state index contributed by atoms with van der Waals surface area (Å²) in [5.41, 5.74) is 4.94. The molecule has 0 amide bonds. The fraction of sp³-hybridized carbons (Fsp3) is 0.455. The van der Waals surface area contributed by atoms with E-state index in [1.165, 1.54) is 0 Å². The highest BCUT2D eigenvalue weighted by Crippen LogP contribution is 2.30. The normalized spacial score (nSPS) is 20.8. The number of rotatable bonds is 3. The summed E-state index contributed by atoms with van der Waals surface area (Å²) in [6, 6.07) is 2.63. The highest BCUT2D eigenvalue weighted by Gasteiger charge is 2.36. The molecule has 0 bridgehead atoms. The molecule has 1 heterocycles. The lowest BCUT2D eigenvalue weighted by molar-refractivity contribution is -0.388. The van der Waals surface area contributed by atoms with Crippen LogP contribution in [-0.4, -0.2) is 36.8 Å². The zero-order valence-electron chi connectivity index (χ0n) is 10.5. The minimum absolute atomic E-state index is 0.0355. The van der Waals surface area contributed by atoms with E-state index in [0.29, 0.717) is 12.8 Å². The van der Waals surface area contributed by atoms with Crippen LogP contribution in [0, 0.1) is 15.9 Å². The van der Waals surface area contributed by atoms with Gasteiger partial charge >= 0.3 is 0 Å². The molecule has 7 nitrogen and oxygen atoms in total. The van der Waals surface area contributed by atoms with E-state index < -0.39 is 31.3 Å². The molecule has 0 spiro atoms. The Hall–Kier alpha value is -1.58. The van der Waals surface area contributed by atoms with E-state index in [2.05, 4.69) is 0 Å². The van der Waals surface area contributed by atoms with Gasteiger partial charge in [0.15, 0.2) is 4.90 Å². The first kappa shape index (κ1) is 14.8. The van der Waals surface area contributed by atoms with Crippen molar-refractivity contribution in [2.75, 3.05) is 13.1 Å². The summed E-state index contributed by atoms with van der Waals surface area (Å²) in [5.74, 6) is -1.13. The van der Waals surface area contributed by atoms with Crippen LogP contribution in [0.1, 0.15) is 12.8 Å². The Bertz CT molecular complexity index is 635. The van der Waals surface area contributed by atoms with E-state index in [1.54, 1.807) is 0 Å². The van der Waals surface area contributed by atoms with E-state index in [9.17, 15) is 22.9 Å². The summed E-state index contributed by atoms with van der Waals surface area (Å²) in [5, 5.41) is 10.9. The lowest BCUT2D eigenvalue weighted by Gasteiger charge is -2.29. The molecule has 2 rings (SSSR count). The average Bonchev–Trinajstić information content (AvgIpc) is 2.38. The van der Waals surface area contributed by atoms with E-state index >= 15 is 0 Å². The number of piperidine rings is 1. The Morgan fingerprint density at radius 1 is 1.45 bits per heavy atom. The van der Waals surface area contributed by atoms with Crippen LogP contribution < -0.4 is 5.73 Å². The number of sulfonamides is 1. The van der Waals surface area contributed by atoms with Crippen molar-refractivity contribution < 1.29 is 17.7 Å². The molecule has 1 aliphatic rings. The standard InChI is InChI=1S/C11H14FN3O4S/c12-9-4-1-5-10(15(16)17)11(9)20(18,19)14-6-2-3-8(13)7-14/h1,4-5,8H,2-3,6-7,13H2. The van der Waals surface area contributed by atoms with Crippen molar-refractivity contribution in [2.24, 2.45) is 5.73 Å². The summed E-state index contributed by atoms with van der Waals surface area (Å²) in [4.78, 5) is 9.11. The molecule has 1 aromatic carbocycles. The number of hydrogen-bond donors (Lipinski definition) is 1. The molecular weight excluding hydrogens is 289 g/mol. The van der Waals surface area contributed by atoms with Crippen LogP contribution in [0.5, 0.6) is 0 Å². The predicted molar refractivity (Wildman–Crippen MR) is 69.0 cm³/mol. The van der Waals surface area contributed by atoms with Gasteiger partial charge in [-0.25, -0.2) is 12.8 Å². The van der Waals surface area contributed by atoms with Crippen molar-refractivity contribution in [3.8, 4) is 0 Å². The van der Waals surface area contributed by atoms with Crippen molar-refractivity contribution in [1.82, 2.24) is 4.31 Å². The first-order chi connectivity index (χ1) is 9.34. The SMILES string of the molecule is NC1CCCN(S(=O)(=O)c2c(F)cccc2[N+](=O)[O-])C1. The Kier molecular flexibility index (Phi) is 4.02. The third-order valence-electron chi connectivity index (χ3n) is 3.16. The van der Waals surface area contributed by atoms with Crippen molar-refractivity contribution >= 4 is 15.7 Å². The minimum atomic E-state index is -4.26. The van der Waals surface area contributed by atoms with Gasteiger partial charge in [0.25, 0.3) is 15.7 Å². The molecule has 0 radical (unpaired) electrons. The first-order valence-electron chi connectivity index (χ1n) is 6.02. The smallest absolute Gasteiger partial charge is 0.292 e. The molecule has 1 aliphatic heterocycles. The van der Waals surface area contributed by atoms with E-state index in [-0.39, 0.29) is 19.1 Å². The molecule has 2 N–H and O–H groups in total. The highest BCUT2D eigenvalue weighted by atomic mass is 32.2. The lowest BCUT2D eigenvalue weighted by atomic mass is 10.1. The summed E-state index contributed by atoms with van der Waals surface area (Å²) in [7, 11) is -4.26. The van der Waals surface area contributed by atoms with Crippen LogP contribution in [-0.2, 0) is 10.0 Å². The van der Waals surface area contributed by atoms with E-state index in [0.717, 1.165) is 22.5 Å². The highest BCUT2D eigenvalue weighted by molar-refractivity contribution is 7.89. The monoisotopic (exact) mass is 303 g/mol. The summed E-state index contributed by atoms with van der Waals surface area (Å²) >= 11 is 0. The average molecular weight is 303 g/mol. The Morgan fingerprint density at radius 3 is 2.75 bits per heavy atom. The maximum atomic E-state index is 13.8. The molecule has 20 heavy (non-hydrogen) atoms. The van der Waals surface area contributed by atoms with Gasteiger partial charge in [0, 0.05) is 25.2 Å². The lowest BCUT2D eigenvalue weighted by Crippen LogP contribution is -2.45. The van der Waals surface area contributed by atoms with Gasteiger partial charge in [-0.05, 0) is 18.9 Å². The van der Waals surface area contributed by atoms with Gasteiger partial charge in [-0.3, -0.25) is 10.1 Å². The minimum Gasteiger partial charge on any atom is -0.327 e. The van der Waals surface area contributed by atoms with Gasteiger partial charge in [-0.1, -0.05) is 6.07 Å². The molecule has 1 unspecified atom stereocenters. The zero-order valence-corrected chi connectivity index (χ0v) is 11.3. The van der Waals surface area contributed by atoms with Crippen molar-refractivity contribution in [3.63, 3.8) is 0 Å². The summed E-state index contributed by atoms with van der Waals surface area (Å²) in [6.45, 7) is 0.218. The van der Waals surface area contributed by atoms with E-state index in [4.69, 9.17) is 5.73 Å². The van der Waals surface area contributed by atoms with Crippen molar-refractivity contribution in [2.45, 2.75) is 23.8 Å². The van der Waals surface area contributed by atoms with Gasteiger partial charge < -0.3 is 5.73 Å². The van der Waals surface area contributed by atoms with E-state index in [1.807, 2.05) is 0 Å². The van der Waals surface area contributed by atoms with Crippen LogP contribution >= 0.6 is 0 Å². The van der Waals surface area contributed by atoms with Crippen LogP contribution in [0.25, 0.3) is 0 Å². The number of nitrogens with two attached hydrogens (primary N) is 1. The van der Waals surface area contributed by atoms with Crippen LogP contribution in [0.15, 0.2) is 23.1 Å². The quantitative estimate of drug-likeness (QED) is 0.658. The molecule has 0 aliphatic carbocycles. The van der Waals surface area contributed by atoms with Gasteiger partial charge in [0.1, 0.15) is 5.82 Å². The van der Waals surface area contributed by atoms with Crippen LogP contribution in [0.4, 0.5) is 10.1 Å². The maximum Gasteiger partial charge on any atom is 0.292 e. The molecule has 9 heteroatoms. The number of hydrogen-bond acceptors (Lipinski definition) is 5. The van der Waals surface area contributed by atoms with Crippen LogP contribution in [0.3, 0.4) is 0 Å². The second-order valence-corrected chi connectivity index (χ2v) is 6.49. The number of nitrogens with zero attached hydrogens (tertiary/aromatic N) is 2. The Labute approximate surface area is 115 Å². The second kappa shape index (κ2) is 5.43. The topological polar surface area (TPSA) is 107 Å². The fourth-order valence-electron chi connectivity index (χ4n) is 2.22. The van der Waals surface area contributed by atoms with Crippen LogP contribution in [0.2, 0.25) is 0 Å². The number of nitro benzene ring substituents is 1. The third kappa shape index (κ3) is 2.65. The summed E-state index contributed by atoms with van der Waals surface area (Å²) < 4.78 is 39.6. The molecule has 1 fully saturated rings. The molecule has 0 aromatic heterocycles. The molecule has 1 saturated heterocycles. The fourth-order valence-corrected chi connectivity index (χ4v) is 3.95. The van der Waals surface area contributed by atoms with Crippen molar-refractivity contribution in [3.05, 3.63) is 34.1 Å². The molecule has 0 saturated carbocycles. The largest absolute Gasteiger partial charge is 0.327 e. The molecule has 1 aromatic rings. The maximum absolute atomic E-state index is 13.8. The zero-order chi connectivity index (χ0) is 14.9. The second-order valence-electron chi connectivity index (χ2n) is 4.61. The Morgan fingerprint density at radius 2 is 2.15 bits per heavy atom. The number of halogens is 1.